The second-order valence-corrected chi connectivity index (χ2v) is 2.49. The summed E-state index contributed by atoms with van der Waals surface area (Å²) in [4.78, 5) is 0. The summed E-state index contributed by atoms with van der Waals surface area (Å²) in [6, 6.07) is 0. The number of quaternary nitrogens is 1. The highest BCUT2D eigenvalue weighted by molar-refractivity contribution is 4.81. The van der Waals surface area contributed by atoms with Crippen molar-refractivity contribution in [2.75, 3.05) is 19.6 Å². The molecule has 0 spiro atoms. The minimum absolute atomic E-state index is 1.03. The maximum Gasteiger partial charge on any atom is 0.121 e. The summed E-state index contributed by atoms with van der Waals surface area (Å²) in [7, 11) is 0. The lowest BCUT2D eigenvalue weighted by atomic mass is 10.4. The third-order valence-electron chi connectivity index (χ3n) is 2.13. The van der Waals surface area contributed by atoms with Gasteiger partial charge < -0.3 is 0 Å². The Morgan fingerprint density at radius 3 is 2.33 bits per heavy atom. The lowest BCUT2D eigenvalue weighted by Gasteiger charge is -2.30. The Morgan fingerprint density at radius 1 is 1.44 bits per heavy atom. The summed E-state index contributed by atoms with van der Waals surface area (Å²) in [5, 5.41) is 0. The molecule has 0 aromatic carbocycles. The van der Waals surface area contributed by atoms with Crippen molar-refractivity contribution in [3.63, 3.8) is 0 Å². The molecule has 0 amide bonds. The van der Waals surface area contributed by atoms with Crippen LogP contribution in [-0.2, 0) is 0 Å². The van der Waals surface area contributed by atoms with E-state index in [0.717, 1.165) is 11.1 Å². The van der Waals surface area contributed by atoms with E-state index in [1.54, 1.807) is 0 Å². The van der Waals surface area contributed by atoms with E-state index >= 15 is 0 Å². The Balaban J connectivity index is 2.50. The molecule has 9 heavy (non-hydrogen) atoms. The van der Waals surface area contributed by atoms with Crippen molar-refractivity contribution >= 4 is 0 Å². The van der Waals surface area contributed by atoms with Gasteiger partial charge in [0.05, 0.1) is 19.3 Å². The van der Waals surface area contributed by atoms with E-state index in [0.29, 0.717) is 0 Å². The molecule has 0 saturated heterocycles. The Bertz CT molecular complexity index is 104. The van der Waals surface area contributed by atoms with E-state index in [9.17, 15) is 0 Å². The molecule has 0 unspecified atom stereocenters. The molecular formula is C7H15N2+. The van der Waals surface area contributed by atoms with Crippen LogP contribution in [0.3, 0.4) is 0 Å². The van der Waals surface area contributed by atoms with Gasteiger partial charge in [-0.1, -0.05) is 0 Å². The van der Waals surface area contributed by atoms with Gasteiger partial charge in [0.15, 0.2) is 0 Å². The van der Waals surface area contributed by atoms with Gasteiger partial charge in [-0.05, 0) is 19.9 Å². The molecule has 0 fully saturated rings. The smallest absolute Gasteiger partial charge is 0.121 e. The van der Waals surface area contributed by atoms with Crippen LogP contribution in [0.25, 0.3) is 0 Å². The number of hydrogen-bond donors (Lipinski definition) is 1. The maximum atomic E-state index is 3.33. The first-order valence-corrected chi connectivity index (χ1v) is 3.62. The van der Waals surface area contributed by atoms with Crippen molar-refractivity contribution in [3.8, 4) is 0 Å². The van der Waals surface area contributed by atoms with Crippen molar-refractivity contribution in [1.29, 1.82) is 0 Å². The molecule has 1 heterocycles. The van der Waals surface area contributed by atoms with E-state index < -0.39 is 0 Å². The van der Waals surface area contributed by atoms with Crippen LogP contribution in [0.5, 0.6) is 0 Å². The second kappa shape index (κ2) is 2.40. The fourth-order valence-corrected chi connectivity index (χ4v) is 1.18. The van der Waals surface area contributed by atoms with Gasteiger partial charge >= 0.3 is 0 Å². The quantitative estimate of drug-likeness (QED) is 0.543. The molecule has 2 heteroatoms. The van der Waals surface area contributed by atoms with Crippen molar-refractivity contribution in [2.45, 2.75) is 13.8 Å². The van der Waals surface area contributed by atoms with Crippen molar-refractivity contribution in [1.82, 2.24) is 5.43 Å². The molecule has 52 valence electrons. The molecule has 0 aliphatic carbocycles. The normalized spacial score (nSPS) is 22.0. The van der Waals surface area contributed by atoms with Gasteiger partial charge in [-0.2, -0.15) is 0 Å². The molecule has 1 rings (SSSR count). The lowest BCUT2D eigenvalue weighted by Crippen LogP contribution is -2.52. The zero-order valence-corrected chi connectivity index (χ0v) is 6.22. The molecule has 0 aromatic heterocycles. The number of rotatable bonds is 2. The fourth-order valence-electron chi connectivity index (χ4n) is 1.18. The van der Waals surface area contributed by atoms with Crippen molar-refractivity contribution in [3.05, 3.63) is 12.3 Å². The summed E-state index contributed by atoms with van der Waals surface area (Å²) in [5.74, 6) is 0. The fraction of sp³-hybridized carbons (Fsp3) is 0.714. The predicted molar refractivity (Wildman–Crippen MR) is 38.5 cm³/mol. The molecule has 0 aromatic rings. The monoisotopic (exact) mass is 127 g/mol. The summed E-state index contributed by atoms with van der Waals surface area (Å²) in [6.07, 6.45) is 4.24. The number of hydrogen-bond acceptors (Lipinski definition) is 1. The predicted octanol–water partition coefficient (Wildman–Crippen LogP) is 0.875. The van der Waals surface area contributed by atoms with E-state index in [-0.39, 0.29) is 0 Å². The van der Waals surface area contributed by atoms with Crippen LogP contribution >= 0.6 is 0 Å². The van der Waals surface area contributed by atoms with Crippen LogP contribution < -0.4 is 5.43 Å². The highest BCUT2D eigenvalue weighted by Crippen LogP contribution is 2.05. The molecule has 0 bridgehead atoms. The minimum atomic E-state index is 1.03. The zero-order valence-electron chi connectivity index (χ0n) is 6.22. The minimum Gasteiger partial charge on any atom is -0.244 e. The Morgan fingerprint density at radius 2 is 2.11 bits per heavy atom. The largest absolute Gasteiger partial charge is 0.244 e. The molecule has 1 aliphatic heterocycles. The van der Waals surface area contributed by atoms with Crippen molar-refractivity contribution in [2.24, 2.45) is 0 Å². The average molecular weight is 127 g/mol. The third kappa shape index (κ3) is 1.08. The highest BCUT2D eigenvalue weighted by Gasteiger charge is 2.23. The zero-order chi connectivity index (χ0) is 6.74. The van der Waals surface area contributed by atoms with Crippen LogP contribution in [0.15, 0.2) is 12.3 Å². The topological polar surface area (TPSA) is 12.0 Å². The van der Waals surface area contributed by atoms with Gasteiger partial charge in [0.1, 0.15) is 6.54 Å². The molecule has 0 radical (unpaired) electrons. The van der Waals surface area contributed by atoms with E-state index in [1.807, 2.05) is 6.20 Å². The number of likely N-dealkylation sites (N-methyl/N-ethyl adjacent to an activating group) is 1. The van der Waals surface area contributed by atoms with Crippen LogP contribution in [0.4, 0.5) is 0 Å². The van der Waals surface area contributed by atoms with E-state index in [1.165, 1.54) is 13.1 Å². The second-order valence-electron chi connectivity index (χ2n) is 2.49. The van der Waals surface area contributed by atoms with Gasteiger partial charge in [-0.25, -0.2) is 10.0 Å². The van der Waals surface area contributed by atoms with Crippen LogP contribution in [0, 0.1) is 0 Å². The van der Waals surface area contributed by atoms with Gasteiger partial charge in [0.25, 0.3) is 0 Å². The highest BCUT2D eigenvalue weighted by atomic mass is 15.7. The molecular weight excluding hydrogens is 112 g/mol. The van der Waals surface area contributed by atoms with Gasteiger partial charge in [-0.3, -0.25) is 0 Å². The number of nitrogens with zero attached hydrogens (tertiary/aromatic N) is 1. The average Bonchev–Trinajstić information content (AvgIpc) is 2.36. The summed E-state index contributed by atoms with van der Waals surface area (Å²) < 4.78 is 1.03. The summed E-state index contributed by atoms with van der Waals surface area (Å²) in [5.41, 5.74) is 3.33. The van der Waals surface area contributed by atoms with Crippen LogP contribution in [-0.4, -0.2) is 24.2 Å². The standard InChI is InChI=1S/C7H15N2/c1-3-9(4-2)7-5-6-8-9/h5-6,8H,3-4,7H2,1-2H3/q+1. The molecule has 1 aliphatic rings. The Hall–Kier alpha value is -0.500. The van der Waals surface area contributed by atoms with Gasteiger partial charge in [0, 0.05) is 0 Å². The molecule has 2 nitrogen and oxygen atoms in total. The SMILES string of the molecule is CC[N+]1(CC)CC=CN1. The molecule has 0 saturated carbocycles. The lowest BCUT2D eigenvalue weighted by molar-refractivity contribution is -0.951. The summed E-state index contributed by atoms with van der Waals surface area (Å²) >= 11 is 0. The van der Waals surface area contributed by atoms with Gasteiger partial charge in [0.2, 0.25) is 0 Å². The first kappa shape index (κ1) is 6.62. The molecule has 1 N–H and O–H groups in total. The van der Waals surface area contributed by atoms with Crippen molar-refractivity contribution < 1.29 is 4.59 Å². The molecule has 0 atom stereocenters. The Kier molecular flexibility index (Phi) is 1.76. The van der Waals surface area contributed by atoms with Gasteiger partial charge in [-0.15, -0.1) is 0 Å². The summed E-state index contributed by atoms with van der Waals surface area (Å²) in [6.45, 7) is 7.91. The number of nitrogens with one attached hydrogen (secondary N) is 1. The Labute approximate surface area is 56.7 Å². The third-order valence-corrected chi connectivity index (χ3v) is 2.13. The van der Waals surface area contributed by atoms with E-state index in [4.69, 9.17) is 0 Å². The maximum absolute atomic E-state index is 3.33. The van der Waals surface area contributed by atoms with Crippen LogP contribution in [0.2, 0.25) is 0 Å². The first-order chi connectivity index (χ1) is 4.33. The first-order valence-electron chi connectivity index (χ1n) is 3.62. The van der Waals surface area contributed by atoms with Crippen LogP contribution in [0.1, 0.15) is 13.8 Å². The van der Waals surface area contributed by atoms with E-state index in [2.05, 4.69) is 25.3 Å².